The van der Waals surface area contributed by atoms with E-state index in [2.05, 4.69) is 25.2 Å². The summed E-state index contributed by atoms with van der Waals surface area (Å²) in [6.07, 6.45) is 1.88. The summed E-state index contributed by atoms with van der Waals surface area (Å²) in [6, 6.07) is 0. The molecule has 118 valence electrons. The highest BCUT2D eigenvalue weighted by molar-refractivity contribution is 5.69. The van der Waals surface area contributed by atoms with Gasteiger partial charge in [-0.25, -0.2) is 4.79 Å². The average molecular weight is 284 g/mol. The zero-order chi connectivity index (χ0) is 16.0. The smallest absolute Gasteiger partial charge is 0.410 e. The normalized spacial score (nSPS) is 12.0. The Morgan fingerprint density at radius 2 is 1.70 bits per heavy atom. The topological polar surface area (TPSA) is 41.6 Å². The van der Waals surface area contributed by atoms with Crippen LogP contribution in [0.15, 0.2) is 11.6 Å². The Hall–Kier alpha value is -1.03. The minimum absolute atomic E-state index is 0.249. The molecule has 0 saturated heterocycles. The minimum Gasteiger partial charge on any atom is -0.444 e. The maximum Gasteiger partial charge on any atom is 0.410 e. The second-order valence-corrected chi connectivity index (χ2v) is 7.29. The molecule has 0 aromatic carbocycles. The zero-order valence-corrected chi connectivity index (χ0v) is 14.5. The molecule has 0 atom stereocenters. The summed E-state index contributed by atoms with van der Waals surface area (Å²) in [5.74, 6) is 0. The van der Waals surface area contributed by atoms with E-state index in [9.17, 15) is 4.79 Å². The van der Waals surface area contributed by atoms with E-state index in [4.69, 9.17) is 4.74 Å². The van der Waals surface area contributed by atoms with Gasteiger partial charge in [-0.2, -0.15) is 0 Å². The van der Waals surface area contributed by atoms with Crippen molar-refractivity contribution in [2.45, 2.75) is 66.5 Å². The van der Waals surface area contributed by atoms with Crippen molar-refractivity contribution in [3.63, 3.8) is 0 Å². The maximum atomic E-state index is 12.2. The summed E-state index contributed by atoms with van der Waals surface area (Å²) in [4.78, 5) is 14.0. The lowest BCUT2D eigenvalue weighted by Gasteiger charge is -2.36. The maximum absolute atomic E-state index is 12.2. The number of hydrogen-bond donors (Lipinski definition) is 1. The van der Waals surface area contributed by atoms with Gasteiger partial charge in [0.25, 0.3) is 0 Å². The summed E-state index contributed by atoms with van der Waals surface area (Å²) >= 11 is 0. The summed E-state index contributed by atoms with van der Waals surface area (Å²) in [7, 11) is 0. The molecule has 0 heterocycles. The number of amides is 1. The predicted molar refractivity (Wildman–Crippen MR) is 85.0 cm³/mol. The molecule has 0 aliphatic carbocycles. The summed E-state index contributed by atoms with van der Waals surface area (Å²) < 4.78 is 5.47. The average Bonchev–Trinajstić information content (AvgIpc) is 2.17. The van der Waals surface area contributed by atoms with Crippen LogP contribution in [0, 0.1) is 0 Å². The summed E-state index contributed by atoms with van der Waals surface area (Å²) in [6.45, 7) is 18.1. The first-order valence-electron chi connectivity index (χ1n) is 7.28. The molecule has 4 nitrogen and oxygen atoms in total. The van der Waals surface area contributed by atoms with Crippen LogP contribution in [0.1, 0.15) is 55.4 Å². The standard InChI is InChI=1S/C16H32N2O2/c1-13(2)9-10-17-11-12-18(15(3,4)5)14(19)20-16(6,7)8/h9,17H,10-12H2,1-8H3. The molecule has 1 amide bonds. The van der Waals surface area contributed by atoms with E-state index in [1.165, 1.54) is 5.57 Å². The highest BCUT2D eigenvalue weighted by Gasteiger charge is 2.29. The lowest BCUT2D eigenvalue weighted by Crippen LogP contribution is -2.50. The Balaban J connectivity index is 4.45. The fraction of sp³-hybridized carbons (Fsp3) is 0.812. The molecule has 0 aromatic rings. The summed E-state index contributed by atoms with van der Waals surface area (Å²) in [5.41, 5.74) is 0.577. The van der Waals surface area contributed by atoms with Crippen LogP contribution in [0.2, 0.25) is 0 Å². The number of rotatable bonds is 5. The van der Waals surface area contributed by atoms with Crippen molar-refractivity contribution in [2.24, 2.45) is 0 Å². The summed E-state index contributed by atoms with van der Waals surface area (Å²) in [5, 5.41) is 3.31. The molecule has 0 aromatic heterocycles. The van der Waals surface area contributed by atoms with Crippen LogP contribution < -0.4 is 5.32 Å². The fourth-order valence-electron chi connectivity index (χ4n) is 1.59. The van der Waals surface area contributed by atoms with Crippen LogP contribution >= 0.6 is 0 Å². The Labute approximate surface area is 124 Å². The van der Waals surface area contributed by atoms with Crippen LogP contribution in [0.25, 0.3) is 0 Å². The SMILES string of the molecule is CC(C)=CCNCCN(C(=O)OC(C)(C)C)C(C)(C)C. The molecular formula is C16H32N2O2. The van der Waals surface area contributed by atoms with E-state index in [1.807, 2.05) is 41.5 Å². The molecule has 0 aliphatic heterocycles. The number of nitrogens with one attached hydrogen (secondary N) is 1. The van der Waals surface area contributed by atoms with Crippen molar-refractivity contribution in [3.05, 3.63) is 11.6 Å². The predicted octanol–water partition coefficient (Wildman–Crippen LogP) is 3.58. The molecule has 20 heavy (non-hydrogen) atoms. The van der Waals surface area contributed by atoms with Crippen molar-refractivity contribution in [1.82, 2.24) is 10.2 Å². The molecule has 0 saturated carbocycles. The van der Waals surface area contributed by atoms with E-state index in [1.54, 1.807) is 4.90 Å². The van der Waals surface area contributed by atoms with Crippen molar-refractivity contribution in [2.75, 3.05) is 19.6 Å². The third-order valence-corrected chi connectivity index (χ3v) is 2.59. The van der Waals surface area contributed by atoms with Crippen molar-refractivity contribution in [3.8, 4) is 0 Å². The second-order valence-electron chi connectivity index (χ2n) is 7.29. The number of allylic oxidation sites excluding steroid dienone is 1. The van der Waals surface area contributed by atoms with Crippen LogP contribution in [0.5, 0.6) is 0 Å². The largest absolute Gasteiger partial charge is 0.444 e. The molecular weight excluding hydrogens is 252 g/mol. The zero-order valence-electron chi connectivity index (χ0n) is 14.5. The van der Waals surface area contributed by atoms with E-state index in [-0.39, 0.29) is 11.6 Å². The van der Waals surface area contributed by atoms with Crippen LogP contribution in [0.3, 0.4) is 0 Å². The van der Waals surface area contributed by atoms with Gasteiger partial charge in [-0.3, -0.25) is 0 Å². The highest BCUT2D eigenvalue weighted by atomic mass is 16.6. The van der Waals surface area contributed by atoms with Crippen LogP contribution in [-0.4, -0.2) is 41.8 Å². The third kappa shape index (κ3) is 8.97. The van der Waals surface area contributed by atoms with Gasteiger partial charge in [-0.05, 0) is 55.4 Å². The lowest BCUT2D eigenvalue weighted by atomic mass is 10.1. The molecule has 0 unspecified atom stereocenters. The first kappa shape index (κ1) is 19.0. The number of hydrogen-bond acceptors (Lipinski definition) is 3. The van der Waals surface area contributed by atoms with E-state index in [0.29, 0.717) is 6.54 Å². The van der Waals surface area contributed by atoms with Crippen LogP contribution in [0.4, 0.5) is 4.79 Å². The fourth-order valence-corrected chi connectivity index (χ4v) is 1.59. The van der Waals surface area contributed by atoms with Crippen LogP contribution in [-0.2, 0) is 4.74 Å². The molecule has 0 spiro atoms. The van der Waals surface area contributed by atoms with Gasteiger partial charge in [0.15, 0.2) is 0 Å². The molecule has 4 heteroatoms. The first-order valence-corrected chi connectivity index (χ1v) is 7.28. The van der Waals surface area contributed by atoms with Crippen molar-refractivity contribution >= 4 is 6.09 Å². The second kappa shape index (κ2) is 7.67. The van der Waals surface area contributed by atoms with Gasteiger partial charge in [-0.1, -0.05) is 11.6 Å². The molecule has 0 radical (unpaired) electrons. The number of carbonyl (C=O) groups excluding carboxylic acids is 1. The molecule has 1 N–H and O–H groups in total. The molecule has 0 aliphatic rings. The monoisotopic (exact) mass is 284 g/mol. The van der Waals surface area contributed by atoms with Gasteiger partial charge in [0.2, 0.25) is 0 Å². The van der Waals surface area contributed by atoms with Crippen molar-refractivity contribution < 1.29 is 9.53 Å². The quantitative estimate of drug-likeness (QED) is 0.620. The van der Waals surface area contributed by atoms with Gasteiger partial charge in [0.1, 0.15) is 5.60 Å². The first-order chi connectivity index (χ1) is 8.93. The van der Waals surface area contributed by atoms with Gasteiger partial charge >= 0.3 is 6.09 Å². The molecule has 0 rings (SSSR count). The minimum atomic E-state index is -0.462. The molecule has 0 bridgehead atoms. The van der Waals surface area contributed by atoms with E-state index in [0.717, 1.165) is 13.1 Å². The Morgan fingerprint density at radius 3 is 2.10 bits per heavy atom. The van der Waals surface area contributed by atoms with Gasteiger partial charge < -0.3 is 15.0 Å². The van der Waals surface area contributed by atoms with E-state index < -0.39 is 5.60 Å². The lowest BCUT2D eigenvalue weighted by molar-refractivity contribution is 0.00671. The Morgan fingerprint density at radius 1 is 1.15 bits per heavy atom. The number of ether oxygens (including phenoxy) is 1. The number of nitrogens with zero attached hydrogens (tertiary/aromatic N) is 1. The van der Waals surface area contributed by atoms with Gasteiger partial charge in [-0.15, -0.1) is 0 Å². The van der Waals surface area contributed by atoms with E-state index >= 15 is 0 Å². The van der Waals surface area contributed by atoms with Gasteiger partial charge in [0.05, 0.1) is 0 Å². The number of carbonyl (C=O) groups is 1. The molecule has 0 fully saturated rings. The Kier molecular flexibility index (Phi) is 7.28. The highest BCUT2D eigenvalue weighted by Crippen LogP contribution is 2.17. The third-order valence-electron chi connectivity index (χ3n) is 2.59. The Bertz CT molecular complexity index is 331. The van der Waals surface area contributed by atoms with Crippen molar-refractivity contribution in [1.29, 1.82) is 0 Å². The van der Waals surface area contributed by atoms with Gasteiger partial charge in [0, 0.05) is 25.2 Å².